The molecule has 2 rings (SSSR count). The summed E-state index contributed by atoms with van der Waals surface area (Å²) in [5, 5.41) is 7.75. The normalized spacial score (nSPS) is 11.1. The number of hydrogen-bond acceptors (Lipinski definition) is 3. The predicted molar refractivity (Wildman–Crippen MR) is 76.1 cm³/mol. The Morgan fingerprint density at radius 2 is 2.16 bits per heavy atom. The Morgan fingerprint density at radius 1 is 1.32 bits per heavy atom. The molecule has 0 amide bonds. The summed E-state index contributed by atoms with van der Waals surface area (Å²) < 4.78 is 4.05. The maximum Gasteiger partial charge on any atom is 0.0953 e. The fourth-order valence-electron chi connectivity index (χ4n) is 2.14. The van der Waals surface area contributed by atoms with E-state index >= 15 is 0 Å². The maximum atomic E-state index is 4.44. The minimum atomic E-state index is 0.826. The van der Waals surface area contributed by atoms with Crippen LogP contribution in [0.25, 0.3) is 0 Å². The molecule has 2 heterocycles. The second-order valence-electron chi connectivity index (χ2n) is 4.94. The van der Waals surface area contributed by atoms with Crippen LogP contribution in [0.3, 0.4) is 0 Å². The third-order valence-corrected chi connectivity index (χ3v) is 3.11. The van der Waals surface area contributed by atoms with E-state index in [4.69, 9.17) is 0 Å². The van der Waals surface area contributed by atoms with Crippen molar-refractivity contribution in [1.29, 1.82) is 0 Å². The monoisotopic (exact) mass is 261 g/mol. The van der Waals surface area contributed by atoms with Crippen LogP contribution in [0, 0.1) is 6.92 Å². The zero-order valence-electron chi connectivity index (χ0n) is 12.1. The summed E-state index contributed by atoms with van der Waals surface area (Å²) in [7, 11) is 1.98. The van der Waals surface area contributed by atoms with Crippen molar-refractivity contribution < 1.29 is 0 Å². The Bertz CT molecular complexity index is 512. The molecule has 2 aromatic heterocycles. The highest BCUT2D eigenvalue weighted by Crippen LogP contribution is 2.06. The minimum absolute atomic E-state index is 0.826. The van der Waals surface area contributed by atoms with Crippen LogP contribution < -0.4 is 5.32 Å². The first-order valence-corrected chi connectivity index (χ1v) is 6.90. The van der Waals surface area contributed by atoms with Gasteiger partial charge in [-0.25, -0.2) is 4.98 Å². The van der Waals surface area contributed by atoms with Gasteiger partial charge < -0.3 is 9.88 Å². The molecule has 0 aromatic carbocycles. The second-order valence-corrected chi connectivity index (χ2v) is 4.94. The molecule has 0 aliphatic heterocycles. The first-order valence-electron chi connectivity index (χ1n) is 6.90. The molecule has 0 fully saturated rings. The van der Waals surface area contributed by atoms with E-state index < -0.39 is 0 Å². The molecule has 19 heavy (non-hydrogen) atoms. The summed E-state index contributed by atoms with van der Waals surface area (Å²) in [6, 6.07) is 2.11. The summed E-state index contributed by atoms with van der Waals surface area (Å²) in [5.74, 6) is 0. The van der Waals surface area contributed by atoms with Crippen LogP contribution in [0.2, 0.25) is 0 Å². The molecule has 0 saturated heterocycles. The zero-order valence-corrected chi connectivity index (χ0v) is 12.1. The number of nitrogens with zero attached hydrogens (tertiary/aromatic N) is 4. The number of aryl methyl sites for hydroxylation is 2. The summed E-state index contributed by atoms with van der Waals surface area (Å²) in [6.45, 7) is 7.09. The van der Waals surface area contributed by atoms with Crippen molar-refractivity contribution in [2.75, 3.05) is 13.1 Å². The fourth-order valence-corrected chi connectivity index (χ4v) is 2.14. The number of rotatable bonds is 7. The Morgan fingerprint density at radius 3 is 2.84 bits per heavy atom. The van der Waals surface area contributed by atoms with Crippen LogP contribution >= 0.6 is 0 Å². The van der Waals surface area contributed by atoms with Crippen LogP contribution in [0.1, 0.15) is 30.4 Å². The van der Waals surface area contributed by atoms with Gasteiger partial charge in [-0.05, 0) is 26.0 Å². The van der Waals surface area contributed by atoms with Crippen LogP contribution in [0.4, 0.5) is 0 Å². The molecule has 0 bridgehead atoms. The standard InChI is InChI=1S/C14H23N5/c1-4-6-15-7-5-13-9-19(11-16-13)10-14-8-12(2)17-18(14)3/h8-9,11,15H,4-7,10H2,1-3H3. The highest BCUT2D eigenvalue weighted by atomic mass is 15.3. The lowest BCUT2D eigenvalue weighted by Crippen LogP contribution is -2.17. The van der Waals surface area contributed by atoms with E-state index in [1.165, 1.54) is 12.1 Å². The molecular weight excluding hydrogens is 238 g/mol. The Hall–Kier alpha value is -1.62. The molecular formula is C14H23N5. The molecule has 5 nitrogen and oxygen atoms in total. The number of aromatic nitrogens is 4. The SMILES string of the molecule is CCCNCCc1cn(Cc2cc(C)nn2C)cn1. The molecule has 5 heteroatoms. The van der Waals surface area contributed by atoms with Gasteiger partial charge in [0.05, 0.1) is 30.0 Å². The lowest BCUT2D eigenvalue weighted by atomic mass is 10.3. The van der Waals surface area contributed by atoms with E-state index in [-0.39, 0.29) is 0 Å². The van der Waals surface area contributed by atoms with Crippen molar-refractivity contribution in [2.45, 2.75) is 33.2 Å². The van der Waals surface area contributed by atoms with Crippen molar-refractivity contribution in [3.8, 4) is 0 Å². The molecule has 0 spiro atoms. The number of hydrogen-bond donors (Lipinski definition) is 1. The number of nitrogens with one attached hydrogen (secondary N) is 1. The Kier molecular flexibility index (Phi) is 4.74. The average Bonchev–Trinajstić information content (AvgIpc) is 2.93. The van der Waals surface area contributed by atoms with Gasteiger partial charge in [-0.3, -0.25) is 4.68 Å². The van der Waals surface area contributed by atoms with Gasteiger partial charge in [-0.2, -0.15) is 5.10 Å². The molecule has 0 radical (unpaired) electrons. The van der Waals surface area contributed by atoms with Gasteiger partial charge in [0, 0.05) is 26.2 Å². The molecule has 0 saturated carbocycles. The Labute approximate surface area is 114 Å². The summed E-state index contributed by atoms with van der Waals surface area (Å²) in [5.41, 5.74) is 3.40. The summed E-state index contributed by atoms with van der Waals surface area (Å²) >= 11 is 0. The van der Waals surface area contributed by atoms with Crippen molar-refractivity contribution in [3.63, 3.8) is 0 Å². The second kappa shape index (κ2) is 6.52. The summed E-state index contributed by atoms with van der Waals surface area (Å²) in [4.78, 5) is 4.44. The topological polar surface area (TPSA) is 47.7 Å². The summed E-state index contributed by atoms with van der Waals surface area (Å²) in [6.07, 6.45) is 6.18. The van der Waals surface area contributed by atoms with Gasteiger partial charge in [-0.15, -0.1) is 0 Å². The van der Waals surface area contributed by atoms with Crippen LogP contribution in [-0.2, 0) is 20.0 Å². The van der Waals surface area contributed by atoms with Crippen LogP contribution in [0.15, 0.2) is 18.6 Å². The lowest BCUT2D eigenvalue weighted by Gasteiger charge is -2.02. The van der Waals surface area contributed by atoms with E-state index in [1.54, 1.807) is 0 Å². The van der Waals surface area contributed by atoms with Gasteiger partial charge in [0.1, 0.15) is 0 Å². The minimum Gasteiger partial charge on any atom is -0.331 e. The number of imidazole rings is 1. The quantitative estimate of drug-likeness (QED) is 0.769. The largest absolute Gasteiger partial charge is 0.331 e. The van der Waals surface area contributed by atoms with Gasteiger partial charge >= 0.3 is 0 Å². The molecule has 1 N–H and O–H groups in total. The van der Waals surface area contributed by atoms with Gasteiger partial charge in [-0.1, -0.05) is 6.92 Å². The van der Waals surface area contributed by atoms with Gasteiger partial charge in [0.2, 0.25) is 0 Å². The first kappa shape index (κ1) is 13.8. The molecule has 0 atom stereocenters. The van der Waals surface area contributed by atoms with Crippen molar-refractivity contribution in [1.82, 2.24) is 24.6 Å². The van der Waals surface area contributed by atoms with Crippen molar-refractivity contribution in [3.05, 3.63) is 35.7 Å². The smallest absolute Gasteiger partial charge is 0.0953 e. The van der Waals surface area contributed by atoms with Crippen molar-refractivity contribution in [2.24, 2.45) is 7.05 Å². The van der Waals surface area contributed by atoms with Crippen LogP contribution in [0.5, 0.6) is 0 Å². The van der Waals surface area contributed by atoms with Gasteiger partial charge in [0.15, 0.2) is 0 Å². The van der Waals surface area contributed by atoms with E-state index in [1.807, 2.05) is 25.0 Å². The molecule has 104 valence electrons. The van der Waals surface area contributed by atoms with E-state index in [0.717, 1.165) is 37.4 Å². The Balaban J connectivity index is 1.88. The molecule has 0 unspecified atom stereocenters. The molecule has 2 aromatic rings. The highest BCUT2D eigenvalue weighted by Gasteiger charge is 2.04. The van der Waals surface area contributed by atoms with Gasteiger partial charge in [0.25, 0.3) is 0 Å². The highest BCUT2D eigenvalue weighted by molar-refractivity contribution is 5.10. The van der Waals surface area contributed by atoms with Crippen molar-refractivity contribution >= 4 is 0 Å². The van der Waals surface area contributed by atoms with Crippen LogP contribution in [-0.4, -0.2) is 32.4 Å². The van der Waals surface area contributed by atoms with E-state index in [2.05, 4.69) is 39.2 Å². The zero-order chi connectivity index (χ0) is 13.7. The third kappa shape index (κ3) is 3.92. The lowest BCUT2D eigenvalue weighted by molar-refractivity contribution is 0.659. The predicted octanol–water partition coefficient (Wildman–Crippen LogP) is 1.52. The molecule has 0 aliphatic rings. The maximum absolute atomic E-state index is 4.44. The third-order valence-electron chi connectivity index (χ3n) is 3.11. The average molecular weight is 261 g/mol. The first-order chi connectivity index (χ1) is 9.19. The van der Waals surface area contributed by atoms with E-state index in [0.29, 0.717) is 0 Å². The fraction of sp³-hybridized carbons (Fsp3) is 0.571. The van der Waals surface area contributed by atoms with E-state index in [9.17, 15) is 0 Å². The molecule has 0 aliphatic carbocycles.